The van der Waals surface area contributed by atoms with Gasteiger partial charge < -0.3 is 9.84 Å². The van der Waals surface area contributed by atoms with Crippen molar-refractivity contribution in [2.45, 2.75) is 46.0 Å². The number of para-hydroxylation sites is 1. The SMILES string of the molecule is CCCc1cc2c(c(C(=O)O)c1CCC)Cc1ccccc1O2. The topological polar surface area (TPSA) is 46.5 Å². The first-order chi connectivity index (χ1) is 11.2. The third-order valence-electron chi connectivity index (χ3n) is 4.39. The van der Waals surface area contributed by atoms with E-state index in [1.165, 1.54) is 0 Å². The maximum absolute atomic E-state index is 12.0. The fourth-order valence-corrected chi connectivity index (χ4v) is 3.41. The van der Waals surface area contributed by atoms with Crippen LogP contribution in [0, 0.1) is 0 Å². The Bertz CT molecular complexity index is 747. The molecule has 0 amide bonds. The molecule has 0 radical (unpaired) electrons. The number of fused-ring (bicyclic) bond motifs is 2. The quantitative estimate of drug-likeness (QED) is 0.722. The summed E-state index contributed by atoms with van der Waals surface area (Å²) in [5.41, 5.74) is 4.43. The Labute approximate surface area is 136 Å². The summed E-state index contributed by atoms with van der Waals surface area (Å²) >= 11 is 0. The molecule has 23 heavy (non-hydrogen) atoms. The standard InChI is InChI=1S/C20H22O3/c1-3-7-13-12-18-16(19(20(21)22)15(13)8-4-2)11-14-9-5-6-10-17(14)23-18/h5-6,9-10,12H,3-4,7-8,11H2,1-2H3,(H,21,22). The molecule has 2 aromatic carbocycles. The number of hydrogen-bond acceptors (Lipinski definition) is 2. The van der Waals surface area contributed by atoms with Crippen LogP contribution in [0.5, 0.6) is 11.5 Å². The van der Waals surface area contributed by atoms with E-state index in [9.17, 15) is 9.90 Å². The molecule has 0 aromatic heterocycles. The largest absolute Gasteiger partial charge is 0.478 e. The minimum absolute atomic E-state index is 0.460. The van der Waals surface area contributed by atoms with Crippen molar-refractivity contribution in [3.05, 3.63) is 58.1 Å². The van der Waals surface area contributed by atoms with Gasteiger partial charge in [-0.3, -0.25) is 0 Å². The third kappa shape index (κ3) is 2.83. The lowest BCUT2D eigenvalue weighted by Crippen LogP contribution is -2.15. The summed E-state index contributed by atoms with van der Waals surface area (Å²) in [5.74, 6) is 0.706. The average molecular weight is 310 g/mol. The Morgan fingerprint density at radius 1 is 1.13 bits per heavy atom. The van der Waals surface area contributed by atoms with Gasteiger partial charge in [0.25, 0.3) is 0 Å². The van der Waals surface area contributed by atoms with Gasteiger partial charge in [-0.2, -0.15) is 0 Å². The molecule has 0 atom stereocenters. The van der Waals surface area contributed by atoms with Gasteiger partial charge in [0.1, 0.15) is 11.5 Å². The zero-order valence-electron chi connectivity index (χ0n) is 13.7. The van der Waals surface area contributed by atoms with E-state index in [4.69, 9.17) is 4.74 Å². The summed E-state index contributed by atoms with van der Waals surface area (Å²) in [5, 5.41) is 9.83. The van der Waals surface area contributed by atoms with Gasteiger partial charge in [0.15, 0.2) is 0 Å². The smallest absolute Gasteiger partial charge is 0.336 e. The van der Waals surface area contributed by atoms with Gasteiger partial charge in [0, 0.05) is 12.0 Å². The summed E-state index contributed by atoms with van der Waals surface area (Å²) in [7, 11) is 0. The van der Waals surface area contributed by atoms with Crippen molar-refractivity contribution in [1.82, 2.24) is 0 Å². The number of aryl methyl sites for hydroxylation is 1. The minimum Gasteiger partial charge on any atom is -0.478 e. The molecular weight excluding hydrogens is 288 g/mol. The second-order valence-electron chi connectivity index (χ2n) is 6.06. The molecule has 2 aromatic rings. The van der Waals surface area contributed by atoms with Crippen molar-refractivity contribution in [1.29, 1.82) is 0 Å². The highest BCUT2D eigenvalue weighted by molar-refractivity contribution is 5.93. The van der Waals surface area contributed by atoms with Crippen LogP contribution in [0.4, 0.5) is 0 Å². The Balaban J connectivity index is 2.20. The van der Waals surface area contributed by atoms with Crippen LogP contribution in [0.1, 0.15) is 59.3 Å². The van der Waals surface area contributed by atoms with Gasteiger partial charge in [-0.15, -0.1) is 0 Å². The molecule has 120 valence electrons. The molecule has 1 aliphatic heterocycles. The maximum Gasteiger partial charge on any atom is 0.336 e. The predicted octanol–water partition coefficient (Wildman–Crippen LogP) is 4.99. The van der Waals surface area contributed by atoms with E-state index < -0.39 is 5.97 Å². The molecular formula is C20H22O3. The first-order valence-electron chi connectivity index (χ1n) is 8.32. The number of rotatable bonds is 5. The Morgan fingerprint density at radius 3 is 2.57 bits per heavy atom. The number of carbonyl (C=O) groups is 1. The fraction of sp³-hybridized carbons (Fsp3) is 0.350. The highest BCUT2D eigenvalue weighted by Gasteiger charge is 2.27. The van der Waals surface area contributed by atoms with E-state index in [0.29, 0.717) is 17.7 Å². The van der Waals surface area contributed by atoms with Gasteiger partial charge in [-0.05, 0) is 41.7 Å². The second-order valence-corrected chi connectivity index (χ2v) is 6.06. The number of hydrogen-bond donors (Lipinski definition) is 1. The molecule has 0 saturated heterocycles. The fourth-order valence-electron chi connectivity index (χ4n) is 3.41. The number of ether oxygens (including phenoxy) is 1. The van der Waals surface area contributed by atoms with E-state index in [0.717, 1.165) is 53.7 Å². The highest BCUT2D eigenvalue weighted by atomic mass is 16.5. The summed E-state index contributed by atoms with van der Waals surface area (Å²) in [6, 6.07) is 9.92. The summed E-state index contributed by atoms with van der Waals surface area (Å²) < 4.78 is 6.03. The van der Waals surface area contributed by atoms with Crippen molar-refractivity contribution in [2.75, 3.05) is 0 Å². The van der Waals surface area contributed by atoms with Crippen LogP contribution in [0.2, 0.25) is 0 Å². The molecule has 0 saturated carbocycles. The molecule has 3 nitrogen and oxygen atoms in total. The molecule has 1 N–H and O–H groups in total. The van der Waals surface area contributed by atoms with Crippen LogP contribution in [0.15, 0.2) is 30.3 Å². The van der Waals surface area contributed by atoms with Gasteiger partial charge in [0.2, 0.25) is 0 Å². The van der Waals surface area contributed by atoms with E-state index in [-0.39, 0.29) is 0 Å². The number of aromatic carboxylic acids is 1. The number of carboxylic acid groups (broad SMARTS) is 1. The summed E-state index contributed by atoms with van der Waals surface area (Å²) in [6.45, 7) is 4.21. The van der Waals surface area contributed by atoms with Gasteiger partial charge in [-0.25, -0.2) is 4.79 Å². The lowest BCUT2D eigenvalue weighted by Gasteiger charge is -2.25. The Morgan fingerprint density at radius 2 is 1.87 bits per heavy atom. The number of benzene rings is 2. The van der Waals surface area contributed by atoms with Crippen LogP contribution in [0.25, 0.3) is 0 Å². The van der Waals surface area contributed by atoms with Crippen LogP contribution >= 0.6 is 0 Å². The molecule has 1 heterocycles. The van der Waals surface area contributed by atoms with Crippen LogP contribution in [0.3, 0.4) is 0 Å². The van der Waals surface area contributed by atoms with Gasteiger partial charge in [0.05, 0.1) is 5.56 Å². The van der Waals surface area contributed by atoms with Crippen molar-refractivity contribution < 1.29 is 14.6 Å². The summed E-state index contributed by atoms with van der Waals surface area (Å²) in [4.78, 5) is 12.0. The highest BCUT2D eigenvalue weighted by Crippen LogP contribution is 2.41. The molecule has 0 spiro atoms. The zero-order valence-corrected chi connectivity index (χ0v) is 13.7. The summed E-state index contributed by atoms with van der Waals surface area (Å²) in [6.07, 6.45) is 4.23. The van der Waals surface area contributed by atoms with E-state index >= 15 is 0 Å². The van der Waals surface area contributed by atoms with E-state index in [2.05, 4.69) is 19.9 Å². The van der Waals surface area contributed by atoms with Crippen LogP contribution in [-0.2, 0) is 19.3 Å². The van der Waals surface area contributed by atoms with Crippen molar-refractivity contribution in [3.63, 3.8) is 0 Å². The maximum atomic E-state index is 12.0. The van der Waals surface area contributed by atoms with Crippen LogP contribution in [-0.4, -0.2) is 11.1 Å². The predicted molar refractivity (Wildman–Crippen MR) is 90.7 cm³/mol. The zero-order chi connectivity index (χ0) is 16.4. The van der Waals surface area contributed by atoms with E-state index in [1.807, 2.05) is 24.3 Å². The number of carboxylic acids is 1. The van der Waals surface area contributed by atoms with Crippen molar-refractivity contribution >= 4 is 5.97 Å². The van der Waals surface area contributed by atoms with Crippen molar-refractivity contribution in [3.8, 4) is 11.5 Å². The normalized spacial score (nSPS) is 12.3. The monoisotopic (exact) mass is 310 g/mol. The van der Waals surface area contributed by atoms with Gasteiger partial charge in [-0.1, -0.05) is 44.9 Å². The Hall–Kier alpha value is -2.29. The Kier molecular flexibility index (Phi) is 4.37. The van der Waals surface area contributed by atoms with Gasteiger partial charge >= 0.3 is 5.97 Å². The molecule has 0 fully saturated rings. The lowest BCUT2D eigenvalue weighted by atomic mass is 9.86. The molecule has 0 aliphatic carbocycles. The molecule has 0 unspecified atom stereocenters. The second kappa shape index (κ2) is 6.45. The third-order valence-corrected chi connectivity index (χ3v) is 4.39. The first kappa shape index (κ1) is 15.6. The van der Waals surface area contributed by atoms with Crippen LogP contribution < -0.4 is 4.74 Å². The molecule has 3 heteroatoms. The van der Waals surface area contributed by atoms with Crippen molar-refractivity contribution in [2.24, 2.45) is 0 Å². The minimum atomic E-state index is -0.842. The average Bonchev–Trinajstić information content (AvgIpc) is 2.53. The molecule has 0 bridgehead atoms. The van der Waals surface area contributed by atoms with E-state index in [1.54, 1.807) is 0 Å². The molecule has 1 aliphatic rings. The molecule has 3 rings (SSSR count). The first-order valence-corrected chi connectivity index (χ1v) is 8.32. The lowest BCUT2D eigenvalue weighted by molar-refractivity contribution is 0.0694.